The summed E-state index contributed by atoms with van der Waals surface area (Å²) in [5.74, 6) is 0.652. The predicted octanol–water partition coefficient (Wildman–Crippen LogP) is 3.04. The van der Waals surface area contributed by atoms with Crippen LogP contribution in [0.15, 0.2) is 18.2 Å². The quantitative estimate of drug-likeness (QED) is 0.919. The molecule has 3 nitrogen and oxygen atoms in total. The van der Waals surface area contributed by atoms with E-state index in [2.05, 4.69) is 23.2 Å². The Morgan fingerprint density at radius 1 is 1.53 bits per heavy atom. The number of piperidine rings is 1. The average molecular weight is 278 g/mol. The topological polar surface area (TPSA) is 39.1 Å². The molecule has 1 N–H and O–H groups in total. The molecular formula is C15H20ClN3. The summed E-state index contributed by atoms with van der Waals surface area (Å²) in [5, 5.41) is 13.3. The van der Waals surface area contributed by atoms with E-state index in [4.69, 9.17) is 11.6 Å². The van der Waals surface area contributed by atoms with Crippen LogP contribution in [-0.2, 0) is 0 Å². The highest BCUT2D eigenvalue weighted by Gasteiger charge is 2.19. The van der Waals surface area contributed by atoms with Gasteiger partial charge in [0, 0.05) is 13.1 Å². The normalized spacial score (nSPS) is 18.9. The fourth-order valence-corrected chi connectivity index (χ4v) is 2.89. The van der Waals surface area contributed by atoms with Gasteiger partial charge in [0.15, 0.2) is 0 Å². The summed E-state index contributed by atoms with van der Waals surface area (Å²) >= 11 is 6.11. The Hall–Kier alpha value is -1.24. The molecule has 1 unspecified atom stereocenters. The summed E-state index contributed by atoms with van der Waals surface area (Å²) < 4.78 is 0. The van der Waals surface area contributed by atoms with Crippen molar-refractivity contribution in [3.05, 3.63) is 28.8 Å². The van der Waals surface area contributed by atoms with Gasteiger partial charge in [0.1, 0.15) is 6.07 Å². The van der Waals surface area contributed by atoms with Gasteiger partial charge < -0.3 is 10.2 Å². The summed E-state index contributed by atoms with van der Waals surface area (Å²) in [6.07, 6.45) is 2.49. The average Bonchev–Trinajstić information content (AvgIpc) is 2.45. The number of nitrogens with zero attached hydrogens (tertiary/aromatic N) is 2. The SMILES string of the molecule is CCN(CC1CCCNC1)c1cccc(Cl)c1C#N. The third-order valence-electron chi connectivity index (χ3n) is 3.70. The predicted molar refractivity (Wildman–Crippen MR) is 79.6 cm³/mol. The first-order valence-electron chi connectivity index (χ1n) is 6.90. The lowest BCUT2D eigenvalue weighted by molar-refractivity contribution is 0.378. The summed E-state index contributed by atoms with van der Waals surface area (Å²) in [7, 11) is 0. The Kier molecular flexibility index (Phi) is 5.07. The largest absolute Gasteiger partial charge is 0.370 e. The molecule has 0 amide bonds. The number of nitrogens with one attached hydrogen (secondary N) is 1. The fourth-order valence-electron chi connectivity index (χ4n) is 2.68. The zero-order valence-corrected chi connectivity index (χ0v) is 12.1. The lowest BCUT2D eigenvalue weighted by atomic mass is 9.98. The highest BCUT2D eigenvalue weighted by Crippen LogP contribution is 2.28. The van der Waals surface area contributed by atoms with Crippen LogP contribution in [0.25, 0.3) is 0 Å². The number of rotatable bonds is 4. The maximum absolute atomic E-state index is 9.28. The molecule has 1 aliphatic heterocycles. The van der Waals surface area contributed by atoms with Crippen molar-refractivity contribution in [1.82, 2.24) is 5.32 Å². The molecule has 1 aromatic carbocycles. The van der Waals surface area contributed by atoms with Gasteiger partial charge in [0.2, 0.25) is 0 Å². The van der Waals surface area contributed by atoms with E-state index in [0.29, 0.717) is 16.5 Å². The summed E-state index contributed by atoms with van der Waals surface area (Å²) in [6, 6.07) is 7.91. The second-order valence-corrected chi connectivity index (χ2v) is 5.40. The van der Waals surface area contributed by atoms with Gasteiger partial charge in [0.25, 0.3) is 0 Å². The van der Waals surface area contributed by atoms with Gasteiger partial charge in [-0.2, -0.15) is 5.26 Å². The number of halogens is 1. The summed E-state index contributed by atoms with van der Waals surface area (Å²) in [5.41, 5.74) is 1.55. The molecule has 4 heteroatoms. The minimum Gasteiger partial charge on any atom is -0.370 e. The standard InChI is InChI=1S/C15H20ClN3/c1-2-19(11-12-5-4-8-18-10-12)15-7-3-6-14(16)13(15)9-17/h3,6-7,12,18H,2,4-5,8,10-11H2,1H3. The van der Waals surface area contributed by atoms with Crippen molar-refractivity contribution in [2.75, 3.05) is 31.1 Å². The third kappa shape index (κ3) is 3.40. The minimum atomic E-state index is 0.542. The van der Waals surface area contributed by atoms with Crippen LogP contribution in [0.1, 0.15) is 25.3 Å². The van der Waals surface area contributed by atoms with Gasteiger partial charge in [-0.05, 0) is 50.9 Å². The molecule has 1 atom stereocenters. The van der Waals surface area contributed by atoms with Gasteiger partial charge in [0.05, 0.1) is 16.3 Å². The molecule has 1 aliphatic rings. The van der Waals surface area contributed by atoms with E-state index in [1.165, 1.54) is 12.8 Å². The Balaban J connectivity index is 2.17. The second kappa shape index (κ2) is 6.79. The highest BCUT2D eigenvalue weighted by molar-refractivity contribution is 6.32. The maximum atomic E-state index is 9.28. The van der Waals surface area contributed by atoms with E-state index in [0.717, 1.165) is 31.9 Å². The molecule has 0 aliphatic carbocycles. The molecule has 0 bridgehead atoms. The number of benzene rings is 1. The number of nitriles is 1. The van der Waals surface area contributed by atoms with Crippen LogP contribution in [0.4, 0.5) is 5.69 Å². The Morgan fingerprint density at radius 3 is 3.00 bits per heavy atom. The molecule has 0 aromatic heterocycles. The molecule has 1 heterocycles. The molecule has 0 spiro atoms. The van der Waals surface area contributed by atoms with Crippen LogP contribution in [0.5, 0.6) is 0 Å². The van der Waals surface area contributed by atoms with E-state index in [9.17, 15) is 5.26 Å². The second-order valence-electron chi connectivity index (χ2n) is 5.00. The van der Waals surface area contributed by atoms with Crippen LogP contribution >= 0.6 is 11.6 Å². The zero-order chi connectivity index (χ0) is 13.7. The van der Waals surface area contributed by atoms with Gasteiger partial charge in [-0.15, -0.1) is 0 Å². The van der Waals surface area contributed by atoms with E-state index in [1.54, 1.807) is 6.07 Å². The van der Waals surface area contributed by atoms with Crippen LogP contribution in [0.3, 0.4) is 0 Å². The summed E-state index contributed by atoms with van der Waals surface area (Å²) in [6.45, 7) is 6.20. The number of hydrogen-bond acceptors (Lipinski definition) is 3. The van der Waals surface area contributed by atoms with E-state index < -0.39 is 0 Å². The van der Waals surface area contributed by atoms with Gasteiger partial charge in [-0.25, -0.2) is 0 Å². The molecule has 19 heavy (non-hydrogen) atoms. The molecule has 0 saturated carbocycles. The van der Waals surface area contributed by atoms with Crippen molar-refractivity contribution >= 4 is 17.3 Å². The molecular weight excluding hydrogens is 258 g/mol. The Labute approximate surface area is 120 Å². The smallest absolute Gasteiger partial charge is 0.103 e. The van der Waals surface area contributed by atoms with Gasteiger partial charge in [-0.1, -0.05) is 17.7 Å². The van der Waals surface area contributed by atoms with Crippen LogP contribution in [0, 0.1) is 17.2 Å². The summed E-state index contributed by atoms with van der Waals surface area (Å²) in [4.78, 5) is 2.27. The van der Waals surface area contributed by atoms with Crippen molar-refractivity contribution < 1.29 is 0 Å². The van der Waals surface area contributed by atoms with Crippen molar-refractivity contribution in [3.8, 4) is 6.07 Å². The van der Waals surface area contributed by atoms with Gasteiger partial charge >= 0.3 is 0 Å². The molecule has 2 rings (SSSR count). The molecule has 0 radical (unpaired) electrons. The van der Waals surface area contributed by atoms with Crippen molar-refractivity contribution in [1.29, 1.82) is 5.26 Å². The third-order valence-corrected chi connectivity index (χ3v) is 4.02. The minimum absolute atomic E-state index is 0.542. The van der Waals surface area contributed by atoms with Crippen molar-refractivity contribution in [3.63, 3.8) is 0 Å². The lowest BCUT2D eigenvalue weighted by Crippen LogP contribution is -2.38. The van der Waals surface area contributed by atoms with Crippen LogP contribution in [-0.4, -0.2) is 26.2 Å². The van der Waals surface area contributed by atoms with Crippen molar-refractivity contribution in [2.24, 2.45) is 5.92 Å². The molecule has 1 saturated heterocycles. The molecule has 102 valence electrons. The van der Waals surface area contributed by atoms with Crippen molar-refractivity contribution in [2.45, 2.75) is 19.8 Å². The number of hydrogen-bond donors (Lipinski definition) is 1. The lowest BCUT2D eigenvalue weighted by Gasteiger charge is -2.31. The molecule has 1 fully saturated rings. The van der Waals surface area contributed by atoms with Crippen LogP contribution < -0.4 is 10.2 Å². The van der Waals surface area contributed by atoms with Crippen LogP contribution in [0.2, 0.25) is 5.02 Å². The first-order valence-corrected chi connectivity index (χ1v) is 7.28. The first-order chi connectivity index (χ1) is 9.26. The first kappa shape index (κ1) is 14.2. The van der Waals surface area contributed by atoms with E-state index >= 15 is 0 Å². The molecule has 1 aromatic rings. The monoisotopic (exact) mass is 277 g/mol. The Bertz CT molecular complexity index is 461. The maximum Gasteiger partial charge on any atom is 0.103 e. The number of anilines is 1. The zero-order valence-electron chi connectivity index (χ0n) is 11.3. The van der Waals surface area contributed by atoms with E-state index in [-0.39, 0.29) is 0 Å². The highest BCUT2D eigenvalue weighted by atomic mass is 35.5. The Morgan fingerprint density at radius 2 is 2.37 bits per heavy atom. The fraction of sp³-hybridized carbons (Fsp3) is 0.533. The van der Waals surface area contributed by atoms with E-state index in [1.807, 2.05) is 12.1 Å². The van der Waals surface area contributed by atoms with Gasteiger partial charge in [-0.3, -0.25) is 0 Å².